The highest BCUT2D eigenvalue weighted by atomic mass is 16.6. The van der Waals surface area contributed by atoms with E-state index in [-0.39, 0.29) is 11.9 Å². The first-order valence-electron chi connectivity index (χ1n) is 10.7. The summed E-state index contributed by atoms with van der Waals surface area (Å²) < 4.78 is 10.8. The number of benzene rings is 2. The van der Waals surface area contributed by atoms with Crippen molar-refractivity contribution in [3.05, 3.63) is 53.6 Å². The number of methoxy groups -OCH3 is 1. The predicted octanol–water partition coefficient (Wildman–Crippen LogP) is 4.36. The van der Waals surface area contributed by atoms with Gasteiger partial charge in [-0.05, 0) is 69.5 Å². The lowest BCUT2D eigenvalue weighted by atomic mass is 9.99. The Morgan fingerprint density at radius 1 is 1.16 bits per heavy atom. The largest absolute Gasteiger partial charge is 0.496 e. The van der Waals surface area contributed by atoms with Gasteiger partial charge in [-0.25, -0.2) is 4.79 Å². The average molecular weight is 436 g/mol. The molecule has 1 fully saturated rings. The Balaban J connectivity index is 1.76. The number of carbonyl (C=O) groups excluding carboxylic acids is 2. The fourth-order valence-electron chi connectivity index (χ4n) is 3.73. The first-order chi connectivity index (χ1) is 15.2. The van der Waals surface area contributed by atoms with Gasteiger partial charge in [-0.3, -0.25) is 4.79 Å². The van der Waals surface area contributed by atoms with E-state index in [2.05, 4.69) is 11.4 Å². The molecule has 0 saturated carbocycles. The van der Waals surface area contributed by atoms with E-state index in [0.717, 1.165) is 24.0 Å². The maximum Gasteiger partial charge on any atom is 0.407 e. The molecule has 0 bridgehead atoms. The minimum Gasteiger partial charge on any atom is -0.496 e. The highest BCUT2D eigenvalue weighted by Crippen LogP contribution is 2.32. The molecule has 7 nitrogen and oxygen atoms in total. The van der Waals surface area contributed by atoms with Crippen LogP contribution in [0.3, 0.4) is 0 Å². The van der Waals surface area contributed by atoms with Crippen molar-refractivity contribution >= 4 is 12.0 Å². The molecule has 0 unspecified atom stereocenters. The second-order valence-corrected chi connectivity index (χ2v) is 8.84. The van der Waals surface area contributed by atoms with Gasteiger partial charge in [0.25, 0.3) is 5.91 Å². The standard InChI is InChI=1S/C25H29N3O4/c1-25(2,3)32-24(30)27-20-6-5-13-28(16-20)23(29)19-11-12-22(31-4)21(14-19)18-9-7-17(15-26)8-10-18/h7-12,14,20H,5-6,13,16H2,1-4H3,(H,27,30)/t20-/m1/s1. The molecule has 1 N–H and O–H groups in total. The molecule has 3 rings (SSSR count). The number of rotatable bonds is 4. The monoisotopic (exact) mass is 435 g/mol. The van der Waals surface area contributed by atoms with Crippen molar-refractivity contribution in [2.45, 2.75) is 45.3 Å². The first kappa shape index (κ1) is 23.1. The van der Waals surface area contributed by atoms with Gasteiger partial charge in [0.05, 0.1) is 18.7 Å². The number of ether oxygens (including phenoxy) is 2. The lowest BCUT2D eigenvalue weighted by molar-refractivity contribution is 0.0452. The van der Waals surface area contributed by atoms with Crippen molar-refractivity contribution in [1.29, 1.82) is 5.26 Å². The number of nitrogens with one attached hydrogen (secondary N) is 1. The van der Waals surface area contributed by atoms with Gasteiger partial charge in [0.1, 0.15) is 11.4 Å². The quantitative estimate of drug-likeness (QED) is 0.770. The number of nitrogens with zero attached hydrogens (tertiary/aromatic N) is 2. The fourth-order valence-corrected chi connectivity index (χ4v) is 3.73. The zero-order valence-corrected chi connectivity index (χ0v) is 19.0. The molecule has 1 saturated heterocycles. The molecule has 168 valence electrons. The number of likely N-dealkylation sites (tertiary alicyclic amines) is 1. The van der Waals surface area contributed by atoms with E-state index in [9.17, 15) is 9.59 Å². The molecular weight excluding hydrogens is 406 g/mol. The second kappa shape index (κ2) is 9.73. The zero-order chi connectivity index (χ0) is 23.3. The minimum atomic E-state index is -0.570. The molecule has 1 atom stereocenters. The van der Waals surface area contributed by atoms with Crippen LogP contribution in [-0.4, -0.2) is 48.7 Å². The molecule has 2 aromatic carbocycles. The van der Waals surface area contributed by atoms with Crippen LogP contribution < -0.4 is 10.1 Å². The topological polar surface area (TPSA) is 91.7 Å². The number of amides is 2. The van der Waals surface area contributed by atoms with Crippen molar-refractivity contribution < 1.29 is 19.1 Å². The highest BCUT2D eigenvalue weighted by Gasteiger charge is 2.27. The molecule has 0 aliphatic carbocycles. The third-order valence-corrected chi connectivity index (χ3v) is 5.20. The number of nitriles is 1. The summed E-state index contributed by atoms with van der Waals surface area (Å²) in [5.41, 5.74) is 2.18. The van der Waals surface area contributed by atoms with Crippen molar-refractivity contribution in [2.24, 2.45) is 0 Å². The molecule has 0 radical (unpaired) electrons. The van der Waals surface area contributed by atoms with Crippen LogP contribution in [0.25, 0.3) is 11.1 Å². The van der Waals surface area contributed by atoms with E-state index in [1.54, 1.807) is 36.3 Å². The van der Waals surface area contributed by atoms with Gasteiger partial charge in [0.2, 0.25) is 0 Å². The lowest BCUT2D eigenvalue weighted by Gasteiger charge is -2.33. The third-order valence-electron chi connectivity index (χ3n) is 5.20. The SMILES string of the molecule is COc1ccc(C(=O)N2CCC[C@@H](NC(=O)OC(C)(C)C)C2)cc1-c1ccc(C#N)cc1. The van der Waals surface area contributed by atoms with Crippen LogP contribution in [0.2, 0.25) is 0 Å². The third kappa shape index (κ3) is 5.79. The Bertz CT molecular complexity index is 1020. The average Bonchev–Trinajstić information content (AvgIpc) is 2.77. The zero-order valence-electron chi connectivity index (χ0n) is 19.0. The molecule has 32 heavy (non-hydrogen) atoms. The Hall–Kier alpha value is -3.53. The summed E-state index contributed by atoms with van der Waals surface area (Å²) in [5, 5.41) is 11.9. The van der Waals surface area contributed by atoms with Gasteiger partial charge >= 0.3 is 6.09 Å². The summed E-state index contributed by atoms with van der Waals surface area (Å²) in [6.07, 6.45) is 1.12. The summed E-state index contributed by atoms with van der Waals surface area (Å²) in [4.78, 5) is 27.1. The van der Waals surface area contributed by atoms with E-state index in [1.165, 1.54) is 0 Å². The van der Waals surface area contributed by atoms with E-state index >= 15 is 0 Å². The lowest BCUT2D eigenvalue weighted by Crippen LogP contribution is -2.50. The van der Waals surface area contributed by atoms with Crippen molar-refractivity contribution in [3.8, 4) is 22.9 Å². The van der Waals surface area contributed by atoms with E-state index in [0.29, 0.717) is 30.0 Å². The van der Waals surface area contributed by atoms with Crippen molar-refractivity contribution in [3.63, 3.8) is 0 Å². The first-order valence-corrected chi connectivity index (χ1v) is 10.7. The van der Waals surface area contributed by atoms with Gasteiger partial charge in [-0.2, -0.15) is 5.26 Å². The Kier molecular flexibility index (Phi) is 7.04. The second-order valence-electron chi connectivity index (χ2n) is 8.84. The number of hydrogen-bond donors (Lipinski definition) is 1. The summed E-state index contributed by atoms with van der Waals surface area (Å²) in [5.74, 6) is 0.549. The van der Waals surface area contributed by atoms with E-state index in [1.807, 2.05) is 39.0 Å². The van der Waals surface area contributed by atoms with Crippen LogP contribution >= 0.6 is 0 Å². The molecule has 2 amide bonds. The fraction of sp³-hybridized carbons (Fsp3) is 0.400. The summed E-state index contributed by atoms with van der Waals surface area (Å²) in [6, 6.07) is 14.4. The molecular formula is C25H29N3O4. The van der Waals surface area contributed by atoms with Crippen LogP contribution in [0.4, 0.5) is 4.79 Å². The normalized spacial score (nSPS) is 16.1. The van der Waals surface area contributed by atoms with Crippen LogP contribution in [0.5, 0.6) is 5.75 Å². The molecule has 1 aliphatic heterocycles. The maximum absolute atomic E-state index is 13.2. The van der Waals surface area contributed by atoms with Crippen LogP contribution in [0.15, 0.2) is 42.5 Å². The Morgan fingerprint density at radius 2 is 1.88 bits per heavy atom. The summed E-state index contributed by atoms with van der Waals surface area (Å²) in [6.45, 7) is 6.51. The predicted molar refractivity (Wildman–Crippen MR) is 121 cm³/mol. The summed E-state index contributed by atoms with van der Waals surface area (Å²) in [7, 11) is 1.58. The molecule has 0 spiro atoms. The molecule has 1 heterocycles. The van der Waals surface area contributed by atoms with Gasteiger partial charge in [-0.15, -0.1) is 0 Å². The number of hydrogen-bond acceptors (Lipinski definition) is 5. The smallest absolute Gasteiger partial charge is 0.407 e. The number of alkyl carbamates (subject to hydrolysis) is 1. The summed E-state index contributed by atoms with van der Waals surface area (Å²) >= 11 is 0. The molecule has 2 aromatic rings. The van der Waals surface area contributed by atoms with E-state index < -0.39 is 11.7 Å². The molecule has 0 aromatic heterocycles. The molecule has 1 aliphatic rings. The van der Waals surface area contributed by atoms with Gasteiger partial charge < -0.3 is 19.7 Å². The number of piperidine rings is 1. The van der Waals surface area contributed by atoms with Crippen LogP contribution in [0.1, 0.15) is 49.5 Å². The van der Waals surface area contributed by atoms with Crippen LogP contribution in [-0.2, 0) is 4.74 Å². The Labute approximate surface area is 188 Å². The Morgan fingerprint density at radius 3 is 2.50 bits per heavy atom. The van der Waals surface area contributed by atoms with Gasteiger partial charge in [0.15, 0.2) is 0 Å². The van der Waals surface area contributed by atoms with E-state index in [4.69, 9.17) is 14.7 Å². The minimum absolute atomic E-state index is 0.0989. The van der Waals surface area contributed by atoms with Crippen molar-refractivity contribution in [1.82, 2.24) is 10.2 Å². The highest BCUT2D eigenvalue weighted by molar-refractivity contribution is 5.96. The van der Waals surface area contributed by atoms with Gasteiger partial charge in [0, 0.05) is 30.3 Å². The van der Waals surface area contributed by atoms with Crippen LogP contribution in [0, 0.1) is 11.3 Å². The molecule has 7 heteroatoms. The number of carbonyl (C=O) groups is 2. The van der Waals surface area contributed by atoms with Crippen molar-refractivity contribution in [2.75, 3.05) is 20.2 Å². The van der Waals surface area contributed by atoms with Gasteiger partial charge in [-0.1, -0.05) is 12.1 Å². The maximum atomic E-state index is 13.2.